The molecule has 2 heterocycles. The Balaban J connectivity index is 2.24. The van der Waals surface area contributed by atoms with E-state index in [1.54, 1.807) is 30.1 Å². The van der Waals surface area contributed by atoms with Gasteiger partial charge in [0.15, 0.2) is 0 Å². The summed E-state index contributed by atoms with van der Waals surface area (Å²) in [4.78, 5) is 8.10. The second-order valence-corrected chi connectivity index (χ2v) is 3.99. The Morgan fingerprint density at radius 1 is 1.50 bits per heavy atom. The van der Waals surface area contributed by atoms with Gasteiger partial charge in [-0.15, -0.1) is 0 Å². The summed E-state index contributed by atoms with van der Waals surface area (Å²) in [6.07, 6.45) is 5.24. The minimum absolute atomic E-state index is 0.412. The molecule has 0 bridgehead atoms. The van der Waals surface area contributed by atoms with Crippen molar-refractivity contribution in [3.63, 3.8) is 0 Å². The monoisotopic (exact) mass is 218 g/mol. The number of aliphatic hydroxyl groups is 1. The standard InChI is InChI=1S/C11H14N4O/c1-11(16,9-4-3-5-12-7-9)6-10-13-8-14-15(10)2/h3-5,7-8,16H,6H2,1-2H3. The normalized spacial score (nSPS) is 14.7. The summed E-state index contributed by atoms with van der Waals surface area (Å²) in [5.41, 5.74) is -0.201. The predicted octanol–water partition coefficient (Wildman–Crippen LogP) is 0.660. The number of hydrogen-bond acceptors (Lipinski definition) is 4. The minimum Gasteiger partial charge on any atom is -0.385 e. The second kappa shape index (κ2) is 4.02. The van der Waals surface area contributed by atoms with E-state index in [0.29, 0.717) is 6.42 Å². The lowest BCUT2D eigenvalue weighted by Gasteiger charge is -2.22. The number of pyridine rings is 1. The van der Waals surface area contributed by atoms with Crippen LogP contribution < -0.4 is 0 Å². The van der Waals surface area contributed by atoms with Crippen molar-refractivity contribution in [2.75, 3.05) is 0 Å². The zero-order chi connectivity index (χ0) is 11.6. The molecule has 1 atom stereocenters. The lowest BCUT2D eigenvalue weighted by Crippen LogP contribution is -2.26. The average molecular weight is 218 g/mol. The zero-order valence-electron chi connectivity index (χ0n) is 9.33. The molecule has 5 nitrogen and oxygen atoms in total. The molecule has 0 aliphatic heterocycles. The molecule has 0 spiro atoms. The van der Waals surface area contributed by atoms with Crippen LogP contribution in [0, 0.1) is 0 Å². The summed E-state index contributed by atoms with van der Waals surface area (Å²) in [5.74, 6) is 0.744. The van der Waals surface area contributed by atoms with Gasteiger partial charge in [0.1, 0.15) is 12.2 Å². The first-order valence-corrected chi connectivity index (χ1v) is 5.05. The van der Waals surface area contributed by atoms with Crippen LogP contribution in [0.2, 0.25) is 0 Å². The van der Waals surface area contributed by atoms with Crippen molar-refractivity contribution in [3.05, 3.63) is 42.2 Å². The van der Waals surface area contributed by atoms with E-state index in [9.17, 15) is 5.11 Å². The molecule has 0 radical (unpaired) electrons. The Kier molecular flexibility index (Phi) is 2.70. The van der Waals surface area contributed by atoms with E-state index in [1.807, 2.05) is 13.1 Å². The van der Waals surface area contributed by atoms with Gasteiger partial charge in [0.2, 0.25) is 0 Å². The molecule has 84 valence electrons. The smallest absolute Gasteiger partial charge is 0.138 e. The Labute approximate surface area is 93.8 Å². The minimum atomic E-state index is -0.977. The molecule has 0 amide bonds. The van der Waals surface area contributed by atoms with Crippen molar-refractivity contribution in [2.24, 2.45) is 7.05 Å². The van der Waals surface area contributed by atoms with Crippen molar-refractivity contribution < 1.29 is 5.11 Å². The van der Waals surface area contributed by atoms with Crippen LogP contribution in [-0.2, 0) is 19.1 Å². The van der Waals surface area contributed by atoms with Crippen LogP contribution in [0.25, 0.3) is 0 Å². The lowest BCUT2D eigenvalue weighted by molar-refractivity contribution is 0.0542. The molecule has 1 unspecified atom stereocenters. The molecule has 0 saturated carbocycles. The maximum atomic E-state index is 10.4. The van der Waals surface area contributed by atoms with Crippen molar-refractivity contribution in [2.45, 2.75) is 18.9 Å². The fourth-order valence-corrected chi connectivity index (χ4v) is 1.57. The number of hydrogen-bond donors (Lipinski definition) is 1. The number of aryl methyl sites for hydroxylation is 1. The molecule has 0 aliphatic carbocycles. The highest BCUT2D eigenvalue weighted by Gasteiger charge is 2.25. The van der Waals surface area contributed by atoms with E-state index in [-0.39, 0.29) is 0 Å². The van der Waals surface area contributed by atoms with Gasteiger partial charge in [-0.25, -0.2) is 4.98 Å². The van der Waals surface area contributed by atoms with Crippen LogP contribution in [0.1, 0.15) is 18.3 Å². The molecule has 0 aromatic carbocycles. The summed E-state index contributed by atoms with van der Waals surface area (Å²) in [5, 5.41) is 14.3. The van der Waals surface area contributed by atoms with Crippen LogP contribution in [0.5, 0.6) is 0 Å². The van der Waals surface area contributed by atoms with E-state index in [0.717, 1.165) is 11.4 Å². The van der Waals surface area contributed by atoms with Gasteiger partial charge in [-0.05, 0) is 13.0 Å². The zero-order valence-corrected chi connectivity index (χ0v) is 9.33. The highest BCUT2D eigenvalue weighted by molar-refractivity contribution is 5.18. The molecular formula is C11H14N4O. The molecule has 2 rings (SSSR count). The second-order valence-electron chi connectivity index (χ2n) is 3.99. The molecule has 0 aliphatic rings. The van der Waals surface area contributed by atoms with Gasteiger partial charge in [-0.2, -0.15) is 5.10 Å². The topological polar surface area (TPSA) is 63.8 Å². The number of nitrogens with zero attached hydrogens (tertiary/aromatic N) is 4. The molecule has 1 N–H and O–H groups in total. The summed E-state index contributed by atoms with van der Waals surface area (Å²) in [6, 6.07) is 3.66. The highest BCUT2D eigenvalue weighted by Crippen LogP contribution is 2.23. The van der Waals surface area contributed by atoms with Crippen LogP contribution >= 0.6 is 0 Å². The highest BCUT2D eigenvalue weighted by atomic mass is 16.3. The quantitative estimate of drug-likeness (QED) is 0.822. The average Bonchev–Trinajstić information content (AvgIpc) is 2.65. The first-order valence-electron chi connectivity index (χ1n) is 5.05. The molecule has 2 aromatic heterocycles. The van der Waals surface area contributed by atoms with Crippen LogP contribution in [0.3, 0.4) is 0 Å². The van der Waals surface area contributed by atoms with Crippen LogP contribution in [0.15, 0.2) is 30.9 Å². The van der Waals surface area contributed by atoms with E-state index in [1.165, 1.54) is 6.33 Å². The Bertz CT molecular complexity index is 464. The fourth-order valence-electron chi connectivity index (χ4n) is 1.57. The summed E-state index contributed by atoms with van der Waals surface area (Å²) < 4.78 is 1.66. The Morgan fingerprint density at radius 2 is 2.31 bits per heavy atom. The largest absolute Gasteiger partial charge is 0.385 e. The molecule has 16 heavy (non-hydrogen) atoms. The third-order valence-electron chi connectivity index (χ3n) is 2.59. The van der Waals surface area contributed by atoms with Gasteiger partial charge in [0, 0.05) is 31.4 Å². The molecule has 0 fully saturated rings. The molecule has 5 heteroatoms. The van der Waals surface area contributed by atoms with Gasteiger partial charge in [0.25, 0.3) is 0 Å². The van der Waals surface area contributed by atoms with E-state index >= 15 is 0 Å². The van der Waals surface area contributed by atoms with Gasteiger partial charge in [-0.1, -0.05) is 6.07 Å². The van der Waals surface area contributed by atoms with Crippen molar-refractivity contribution in [1.82, 2.24) is 19.7 Å². The van der Waals surface area contributed by atoms with E-state index in [2.05, 4.69) is 15.1 Å². The first-order chi connectivity index (χ1) is 7.59. The van der Waals surface area contributed by atoms with Crippen molar-refractivity contribution in [1.29, 1.82) is 0 Å². The Morgan fingerprint density at radius 3 is 2.88 bits per heavy atom. The maximum absolute atomic E-state index is 10.4. The van der Waals surface area contributed by atoms with E-state index < -0.39 is 5.60 Å². The van der Waals surface area contributed by atoms with Gasteiger partial charge in [0.05, 0.1) is 5.60 Å². The van der Waals surface area contributed by atoms with Gasteiger partial charge < -0.3 is 5.11 Å². The predicted molar refractivity (Wildman–Crippen MR) is 58.5 cm³/mol. The van der Waals surface area contributed by atoms with Crippen LogP contribution in [0.4, 0.5) is 0 Å². The third kappa shape index (κ3) is 2.09. The SMILES string of the molecule is Cn1ncnc1CC(C)(O)c1cccnc1. The van der Waals surface area contributed by atoms with Crippen LogP contribution in [-0.4, -0.2) is 24.9 Å². The molecular weight excluding hydrogens is 204 g/mol. The molecule has 0 saturated heterocycles. The Hall–Kier alpha value is -1.75. The summed E-state index contributed by atoms with van der Waals surface area (Å²) >= 11 is 0. The van der Waals surface area contributed by atoms with E-state index in [4.69, 9.17) is 0 Å². The number of rotatable bonds is 3. The lowest BCUT2D eigenvalue weighted by atomic mass is 9.94. The third-order valence-corrected chi connectivity index (χ3v) is 2.59. The number of aromatic nitrogens is 4. The first kappa shape index (κ1) is 10.8. The maximum Gasteiger partial charge on any atom is 0.138 e. The summed E-state index contributed by atoms with van der Waals surface area (Å²) in [7, 11) is 1.81. The fraction of sp³-hybridized carbons (Fsp3) is 0.364. The van der Waals surface area contributed by atoms with Crippen molar-refractivity contribution >= 4 is 0 Å². The molecule has 2 aromatic rings. The van der Waals surface area contributed by atoms with Gasteiger partial charge in [-0.3, -0.25) is 9.67 Å². The summed E-state index contributed by atoms with van der Waals surface area (Å²) in [6.45, 7) is 1.75. The van der Waals surface area contributed by atoms with Gasteiger partial charge >= 0.3 is 0 Å². The van der Waals surface area contributed by atoms with Crippen molar-refractivity contribution in [3.8, 4) is 0 Å².